The number of thioether (sulfide) groups is 1. The highest BCUT2D eigenvalue weighted by atomic mass is 32.2. The van der Waals surface area contributed by atoms with Gasteiger partial charge in [-0.15, -0.1) is 11.8 Å². The number of rotatable bonds is 12. The molecular formula is C31H38N2O2S. The molecule has 0 fully saturated rings. The van der Waals surface area contributed by atoms with Crippen LogP contribution in [0.5, 0.6) is 0 Å². The Labute approximate surface area is 220 Å². The van der Waals surface area contributed by atoms with Gasteiger partial charge in [-0.05, 0) is 50.5 Å². The smallest absolute Gasteiger partial charge is 0.243 e. The first-order valence-electron chi connectivity index (χ1n) is 12.7. The van der Waals surface area contributed by atoms with E-state index < -0.39 is 6.04 Å². The number of benzene rings is 3. The van der Waals surface area contributed by atoms with Gasteiger partial charge in [-0.25, -0.2) is 0 Å². The van der Waals surface area contributed by atoms with Crippen molar-refractivity contribution in [2.24, 2.45) is 0 Å². The van der Waals surface area contributed by atoms with Gasteiger partial charge >= 0.3 is 0 Å². The molecule has 0 aliphatic carbocycles. The molecule has 0 aromatic heterocycles. The molecule has 5 heteroatoms. The first-order chi connectivity index (χ1) is 17.4. The van der Waals surface area contributed by atoms with Crippen LogP contribution in [0, 0.1) is 13.8 Å². The highest BCUT2D eigenvalue weighted by Crippen LogP contribution is 2.21. The van der Waals surface area contributed by atoms with Crippen molar-refractivity contribution in [3.63, 3.8) is 0 Å². The number of hydrogen-bond acceptors (Lipinski definition) is 3. The normalized spacial score (nSPS) is 12.6. The predicted molar refractivity (Wildman–Crippen MR) is 150 cm³/mol. The molecule has 3 aromatic carbocycles. The molecule has 0 aliphatic rings. The van der Waals surface area contributed by atoms with E-state index in [2.05, 4.69) is 55.6 Å². The van der Waals surface area contributed by atoms with Crippen LogP contribution in [0.1, 0.15) is 48.9 Å². The van der Waals surface area contributed by atoms with Crippen LogP contribution in [0.3, 0.4) is 0 Å². The zero-order chi connectivity index (χ0) is 25.9. The SMILES string of the molecule is CCC(C)NC(=O)C(Cc1ccccc1)N(Cc1ccc(C)cc1)C(=O)CCSc1ccc(C)cc1. The van der Waals surface area contributed by atoms with Crippen LogP contribution >= 0.6 is 11.8 Å². The number of carbonyl (C=O) groups excluding carboxylic acids is 2. The van der Waals surface area contributed by atoms with Gasteiger partial charge < -0.3 is 10.2 Å². The molecule has 0 bridgehead atoms. The summed E-state index contributed by atoms with van der Waals surface area (Å²) in [4.78, 5) is 30.1. The summed E-state index contributed by atoms with van der Waals surface area (Å²) in [6, 6.07) is 26.0. The molecule has 0 heterocycles. The minimum absolute atomic E-state index is 0.00424. The summed E-state index contributed by atoms with van der Waals surface area (Å²) < 4.78 is 0. The van der Waals surface area contributed by atoms with Crippen molar-refractivity contribution in [2.45, 2.75) is 70.5 Å². The summed E-state index contributed by atoms with van der Waals surface area (Å²) in [6.45, 7) is 8.57. The van der Waals surface area contributed by atoms with Crippen LogP contribution in [-0.4, -0.2) is 34.6 Å². The molecule has 0 spiro atoms. The van der Waals surface area contributed by atoms with E-state index in [1.165, 1.54) is 11.1 Å². The monoisotopic (exact) mass is 502 g/mol. The lowest BCUT2D eigenvalue weighted by Gasteiger charge is -2.32. The maximum absolute atomic E-state index is 13.7. The number of amides is 2. The van der Waals surface area contributed by atoms with Crippen molar-refractivity contribution in [1.29, 1.82) is 0 Å². The second kappa shape index (κ2) is 13.9. The fourth-order valence-electron chi connectivity index (χ4n) is 3.92. The number of hydrogen-bond donors (Lipinski definition) is 1. The van der Waals surface area contributed by atoms with Gasteiger partial charge in [0.1, 0.15) is 6.04 Å². The van der Waals surface area contributed by atoms with Crippen molar-refractivity contribution in [1.82, 2.24) is 10.2 Å². The summed E-state index contributed by atoms with van der Waals surface area (Å²) in [5.41, 5.74) is 4.45. The Morgan fingerprint density at radius 3 is 2.08 bits per heavy atom. The summed E-state index contributed by atoms with van der Waals surface area (Å²) in [6.07, 6.45) is 1.68. The molecular weight excluding hydrogens is 464 g/mol. The summed E-state index contributed by atoms with van der Waals surface area (Å²) >= 11 is 1.67. The average molecular weight is 503 g/mol. The fourth-order valence-corrected chi connectivity index (χ4v) is 4.76. The Hall–Kier alpha value is -3.05. The van der Waals surface area contributed by atoms with Gasteiger partial charge in [0, 0.05) is 36.1 Å². The van der Waals surface area contributed by atoms with Gasteiger partial charge in [0.05, 0.1) is 0 Å². The van der Waals surface area contributed by atoms with Crippen molar-refractivity contribution < 1.29 is 9.59 Å². The average Bonchev–Trinajstić information content (AvgIpc) is 2.88. The maximum atomic E-state index is 13.7. The highest BCUT2D eigenvalue weighted by molar-refractivity contribution is 7.99. The second-order valence-corrected chi connectivity index (χ2v) is 10.6. The van der Waals surface area contributed by atoms with E-state index in [1.54, 1.807) is 16.7 Å². The summed E-state index contributed by atoms with van der Waals surface area (Å²) in [7, 11) is 0. The zero-order valence-electron chi connectivity index (χ0n) is 21.9. The van der Waals surface area contributed by atoms with Gasteiger partial charge in [0.15, 0.2) is 0 Å². The van der Waals surface area contributed by atoms with E-state index >= 15 is 0 Å². The zero-order valence-corrected chi connectivity index (χ0v) is 22.7. The van der Waals surface area contributed by atoms with E-state index in [9.17, 15) is 9.59 Å². The van der Waals surface area contributed by atoms with Crippen LogP contribution in [0.2, 0.25) is 0 Å². The third-order valence-corrected chi connectivity index (χ3v) is 7.37. The topological polar surface area (TPSA) is 49.4 Å². The molecule has 4 nitrogen and oxygen atoms in total. The van der Waals surface area contributed by atoms with Gasteiger partial charge in [0.2, 0.25) is 11.8 Å². The molecule has 0 radical (unpaired) electrons. The first-order valence-corrected chi connectivity index (χ1v) is 13.7. The highest BCUT2D eigenvalue weighted by Gasteiger charge is 2.30. The minimum Gasteiger partial charge on any atom is -0.352 e. The Bertz CT molecular complexity index is 1100. The van der Waals surface area contributed by atoms with Gasteiger partial charge in [-0.1, -0.05) is 84.8 Å². The summed E-state index contributed by atoms with van der Waals surface area (Å²) in [5.74, 6) is 0.562. The van der Waals surface area contributed by atoms with E-state index in [-0.39, 0.29) is 17.9 Å². The third kappa shape index (κ3) is 8.56. The molecule has 2 atom stereocenters. The molecule has 1 N–H and O–H groups in total. The van der Waals surface area contributed by atoms with E-state index in [4.69, 9.17) is 0 Å². The van der Waals surface area contributed by atoms with Crippen LogP contribution in [0.4, 0.5) is 0 Å². The Balaban J connectivity index is 1.84. The van der Waals surface area contributed by atoms with Crippen LogP contribution in [-0.2, 0) is 22.6 Å². The van der Waals surface area contributed by atoms with Crippen LogP contribution < -0.4 is 5.32 Å². The Morgan fingerprint density at radius 2 is 1.47 bits per heavy atom. The number of aryl methyl sites for hydroxylation is 2. The number of carbonyl (C=O) groups is 2. The van der Waals surface area contributed by atoms with Crippen LogP contribution in [0.15, 0.2) is 83.8 Å². The predicted octanol–water partition coefficient (Wildman–Crippen LogP) is 6.34. The van der Waals surface area contributed by atoms with Gasteiger partial charge in [0.25, 0.3) is 0 Å². The molecule has 2 unspecified atom stereocenters. The number of nitrogens with one attached hydrogen (secondary N) is 1. The summed E-state index contributed by atoms with van der Waals surface area (Å²) in [5, 5.41) is 3.13. The quantitative estimate of drug-likeness (QED) is 0.294. The van der Waals surface area contributed by atoms with E-state index in [1.807, 2.05) is 56.3 Å². The standard InChI is InChI=1S/C31H38N2O2S/c1-5-25(4)32-31(35)29(21-26-9-7-6-8-10-26)33(22-27-15-11-23(2)12-16-27)30(34)19-20-36-28-17-13-24(3)14-18-28/h6-18,25,29H,5,19-22H2,1-4H3,(H,32,35). The van der Waals surface area contributed by atoms with E-state index in [0.717, 1.165) is 22.4 Å². The number of nitrogens with zero attached hydrogens (tertiary/aromatic N) is 1. The molecule has 0 saturated heterocycles. The van der Waals surface area contributed by atoms with Crippen molar-refractivity contribution in [2.75, 3.05) is 5.75 Å². The molecule has 2 amide bonds. The lowest BCUT2D eigenvalue weighted by molar-refractivity contribution is -0.141. The lowest BCUT2D eigenvalue weighted by Crippen LogP contribution is -2.52. The van der Waals surface area contributed by atoms with Crippen molar-refractivity contribution in [3.05, 3.63) is 101 Å². The molecule has 3 aromatic rings. The van der Waals surface area contributed by atoms with Crippen LogP contribution in [0.25, 0.3) is 0 Å². The molecule has 3 rings (SSSR count). The largest absolute Gasteiger partial charge is 0.352 e. The van der Waals surface area contributed by atoms with Gasteiger partial charge in [-0.3, -0.25) is 9.59 Å². The molecule has 0 saturated carbocycles. The third-order valence-electron chi connectivity index (χ3n) is 6.35. The molecule has 0 aliphatic heterocycles. The minimum atomic E-state index is -0.584. The van der Waals surface area contributed by atoms with Crippen molar-refractivity contribution >= 4 is 23.6 Å². The molecule has 36 heavy (non-hydrogen) atoms. The van der Waals surface area contributed by atoms with Gasteiger partial charge in [-0.2, -0.15) is 0 Å². The van der Waals surface area contributed by atoms with Crippen molar-refractivity contribution in [3.8, 4) is 0 Å². The Kier molecular flexibility index (Phi) is 10.6. The molecule has 190 valence electrons. The fraction of sp³-hybridized carbons (Fsp3) is 0.355. The lowest BCUT2D eigenvalue weighted by atomic mass is 10.0. The Morgan fingerprint density at radius 1 is 0.861 bits per heavy atom. The first kappa shape index (κ1) is 27.5. The second-order valence-electron chi connectivity index (χ2n) is 9.44. The van der Waals surface area contributed by atoms with E-state index in [0.29, 0.717) is 25.1 Å². The maximum Gasteiger partial charge on any atom is 0.243 e.